The minimum absolute atomic E-state index is 0.0469. The zero-order valence-corrected chi connectivity index (χ0v) is 13.6. The van der Waals surface area contributed by atoms with Crippen LogP contribution in [0.2, 0.25) is 10.0 Å². The smallest absolute Gasteiger partial charge is 0.304 e. The molecule has 0 aliphatic rings. The Balaban J connectivity index is 3.11. The second-order valence-electron chi connectivity index (χ2n) is 3.82. The molecule has 1 rings (SSSR count). The highest BCUT2D eigenvalue weighted by molar-refractivity contribution is 9.10. The summed E-state index contributed by atoms with van der Waals surface area (Å²) in [6.45, 7) is 1.44. The number of sulfonamides is 1. The highest BCUT2D eigenvalue weighted by atomic mass is 79.9. The van der Waals surface area contributed by atoms with Gasteiger partial charge in [0.2, 0.25) is 10.0 Å². The number of carboxylic acids is 1. The molecule has 0 aliphatic carbocycles. The molecule has 0 saturated heterocycles. The Kier molecular flexibility index (Phi) is 5.64. The van der Waals surface area contributed by atoms with E-state index in [1.165, 1.54) is 19.1 Å². The van der Waals surface area contributed by atoms with Gasteiger partial charge in [-0.15, -0.1) is 0 Å². The minimum Gasteiger partial charge on any atom is -0.481 e. The minimum atomic E-state index is -3.98. The number of halogens is 3. The summed E-state index contributed by atoms with van der Waals surface area (Å²) < 4.78 is 26.9. The van der Waals surface area contributed by atoms with Crippen LogP contribution in [0.15, 0.2) is 21.5 Å². The van der Waals surface area contributed by atoms with Crippen LogP contribution in [-0.2, 0) is 14.8 Å². The summed E-state index contributed by atoms with van der Waals surface area (Å²) in [6, 6.07) is 2.01. The van der Waals surface area contributed by atoms with Crippen LogP contribution >= 0.6 is 39.1 Å². The fourth-order valence-corrected chi connectivity index (χ4v) is 4.59. The van der Waals surface area contributed by atoms with E-state index in [2.05, 4.69) is 20.7 Å². The fourth-order valence-electron chi connectivity index (χ4n) is 1.41. The Labute approximate surface area is 129 Å². The van der Waals surface area contributed by atoms with Crippen LogP contribution in [-0.4, -0.2) is 25.5 Å². The van der Waals surface area contributed by atoms with Gasteiger partial charge in [0.15, 0.2) is 0 Å². The first kappa shape index (κ1) is 16.7. The molecule has 106 valence electrons. The van der Waals surface area contributed by atoms with Crippen molar-refractivity contribution in [1.82, 2.24) is 4.72 Å². The van der Waals surface area contributed by atoms with Gasteiger partial charge in [-0.3, -0.25) is 4.79 Å². The largest absolute Gasteiger partial charge is 0.481 e. The van der Waals surface area contributed by atoms with Crippen LogP contribution in [0.3, 0.4) is 0 Å². The molecule has 5 nitrogen and oxygen atoms in total. The zero-order valence-electron chi connectivity index (χ0n) is 9.65. The Morgan fingerprint density at radius 3 is 2.32 bits per heavy atom. The van der Waals surface area contributed by atoms with Gasteiger partial charge in [0.25, 0.3) is 0 Å². The third kappa shape index (κ3) is 4.61. The molecule has 1 unspecified atom stereocenters. The predicted octanol–water partition coefficient (Wildman–Crippen LogP) is 2.90. The maximum Gasteiger partial charge on any atom is 0.304 e. The third-order valence-electron chi connectivity index (χ3n) is 2.07. The van der Waals surface area contributed by atoms with Gasteiger partial charge in [0, 0.05) is 10.5 Å². The molecule has 0 saturated carbocycles. The van der Waals surface area contributed by atoms with Gasteiger partial charge < -0.3 is 5.11 Å². The highest BCUT2D eigenvalue weighted by Gasteiger charge is 2.24. The van der Waals surface area contributed by atoms with E-state index in [-0.39, 0.29) is 21.4 Å². The van der Waals surface area contributed by atoms with Crippen LogP contribution in [0.25, 0.3) is 0 Å². The lowest BCUT2D eigenvalue weighted by atomic mass is 10.3. The number of carboxylic acid groups (broad SMARTS) is 1. The fraction of sp³-hybridized carbons (Fsp3) is 0.300. The molecule has 0 amide bonds. The van der Waals surface area contributed by atoms with E-state index in [4.69, 9.17) is 28.3 Å². The standard InChI is InChI=1S/C10H10BrCl2NO4S/c1-5(2-9(15)16)14-19(17,18)10-7(12)3-6(11)4-8(10)13/h3-5,14H,2H2,1H3,(H,15,16). The van der Waals surface area contributed by atoms with E-state index in [1.807, 2.05) is 0 Å². The average Bonchev–Trinajstić information content (AvgIpc) is 2.10. The first-order valence-electron chi connectivity index (χ1n) is 5.02. The summed E-state index contributed by atoms with van der Waals surface area (Å²) in [5, 5.41) is 8.51. The first-order valence-corrected chi connectivity index (χ1v) is 8.05. The number of nitrogens with one attached hydrogen (secondary N) is 1. The lowest BCUT2D eigenvalue weighted by Crippen LogP contribution is -2.34. The van der Waals surface area contributed by atoms with Crippen molar-refractivity contribution >= 4 is 55.1 Å². The molecule has 19 heavy (non-hydrogen) atoms. The number of rotatable bonds is 5. The van der Waals surface area contributed by atoms with Gasteiger partial charge in [0.05, 0.1) is 16.5 Å². The number of hydrogen-bond donors (Lipinski definition) is 2. The molecule has 0 fully saturated rings. The van der Waals surface area contributed by atoms with Gasteiger partial charge >= 0.3 is 5.97 Å². The molecule has 1 atom stereocenters. The van der Waals surface area contributed by atoms with Crippen LogP contribution < -0.4 is 4.72 Å². The van der Waals surface area contributed by atoms with Crippen molar-refractivity contribution in [2.75, 3.05) is 0 Å². The van der Waals surface area contributed by atoms with E-state index >= 15 is 0 Å². The van der Waals surface area contributed by atoms with Crippen LogP contribution in [0.5, 0.6) is 0 Å². The van der Waals surface area contributed by atoms with Crippen LogP contribution in [0.4, 0.5) is 0 Å². The van der Waals surface area contributed by atoms with Crippen LogP contribution in [0.1, 0.15) is 13.3 Å². The van der Waals surface area contributed by atoms with Gasteiger partial charge in [-0.2, -0.15) is 0 Å². The van der Waals surface area contributed by atoms with E-state index in [9.17, 15) is 13.2 Å². The lowest BCUT2D eigenvalue weighted by Gasteiger charge is -2.14. The summed E-state index contributed by atoms with van der Waals surface area (Å²) in [5.41, 5.74) is 0. The van der Waals surface area contributed by atoms with Crippen molar-refractivity contribution in [3.63, 3.8) is 0 Å². The van der Waals surface area contributed by atoms with E-state index in [0.29, 0.717) is 4.47 Å². The van der Waals surface area contributed by atoms with Gasteiger partial charge in [-0.25, -0.2) is 13.1 Å². The Hall–Kier alpha value is -0.340. The van der Waals surface area contributed by atoms with Gasteiger partial charge in [-0.1, -0.05) is 39.1 Å². The molecule has 1 aromatic rings. The van der Waals surface area contributed by atoms with Gasteiger partial charge in [0.1, 0.15) is 4.90 Å². The molecule has 0 aliphatic heterocycles. The van der Waals surface area contributed by atoms with Crippen molar-refractivity contribution in [1.29, 1.82) is 0 Å². The molecular formula is C10H10BrCl2NO4S. The predicted molar refractivity (Wildman–Crippen MR) is 76.2 cm³/mol. The summed E-state index contributed by atoms with van der Waals surface area (Å²) in [4.78, 5) is 10.3. The number of hydrogen-bond acceptors (Lipinski definition) is 3. The van der Waals surface area contributed by atoms with Crippen molar-refractivity contribution in [2.45, 2.75) is 24.3 Å². The Morgan fingerprint density at radius 1 is 1.42 bits per heavy atom. The van der Waals surface area contributed by atoms with E-state index < -0.39 is 22.0 Å². The second-order valence-corrected chi connectivity index (χ2v) is 7.20. The summed E-state index contributed by atoms with van der Waals surface area (Å²) in [7, 11) is -3.98. The number of aliphatic carboxylic acids is 1. The molecule has 0 aromatic heterocycles. The first-order chi connectivity index (χ1) is 8.63. The molecule has 9 heteroatoms. The molecular weight excluding hydrogens is 381 g/mol. The van der Waals surface area contributed by atoms with Crippen molar-refractivity contribution in [3.05, 3.63) is 26.7 Å². The topological polar surface area (TPSA) is 83.5 Å². The van der Waals surface area contributed by atoms with Crippen molar-refractivity contribution < 1.29 is 18.3 Å². The summed E-state index contributed by atoms with van der Waals surface area (Å²) >= 11 is 14.9. The van der Waals surface area contributed by atoms with E-state index in [1.54, 1.807) is 0 Å². The van der Waals surface area contributed by atoms with Crippen molar-refractivity contribution in [2.24, 2.45) is 0 Å². The monoisotopic (exact) mass is 389 g/mol. The maximum atomic E-state index is 12.1. The molecule has 0 spiro atoms. The normalized spacial score (nSPS) is 13.3. The zero-order chi connectivity index (χ0) is 14.8. The van der Waals surface area contributed by atoms with Crippen LogP contribution in [0, 0.1) is 0 Å². The molecule has 1 aromatic carbocycles. The Bertz CT molecular complexity index is 583. The lowest BCUT2D eigenvalue weighted by molar-refractivity contribution is -0.137. The quantitative estimate of drug-likeness (QED) is 0.809. The highest BCUT2D eigenvalue weighted by Crippen LogP contribution is 2.32. The van der Waals surface area contributed by atoms with Gasteiger partial charge in [-0.05, 0) is 19.1 Å². The average molecular weight is 391 g/mol. The molecule has 0 heterocycles. The molecule has 2 N–H and O–H groups in total. The summed E-state index contributed by atoms with van der Waals surface area (Å²) in [6.07, 6.45) is -0.342. The molecule has 0 bridgehead atoms. The SMILES string of the molecule is CC(CC(=O)O)NS(=O)(=O)c1c(Cl)cc(Br)cc1Cl. The number of carbonyl (C=O) groups is 1. The van der Waals surface area contributed by atoms with Crippen molar-refractivity contribution in [3.8, 4) is 0 Å². The van der Waals surface area contributed by atoms with E-state index in [0.717, 1.165) is 0 Å². The second kappa shape index (κ2) is 6.41. The maximum absolute atomic E-state index is 12.1. The Morgan fingerprint density at radius 2 is 1.89 bits per heavy atom. The third-order valence-corrected chi connectivity index (χ3v) is 5.04. The summed E-state index contributed by atoms with van der Waals surface area (Å²) in [5.74, 6) is -1.11. The number of benzene rings is 1. The molecule has 0 radical (unpaired) electrons.